The van der Waals surface area contributed by atoms with Crippen LogP contribution in [0.4, 0.5) is 5.69 Å². The van der Waals surface area contributed by atoms with Crippen LogP contribution >= 0.6 is 0 Å². The summed E-state index contributed by atoms with van der Waals surface area (Å²) < 4.78 is 0. The largest absolute Gasteiger partial charge is 0.508 e. The molecule has 4 N–H and O–H groups in total. The number of para-hydroxylation sites is 1. The Labute approximate surface area is 171 Å². The Balaban J connectivity index is 1.46. The molecule has 3 rings (SSSR count). The SMILES string of the molecule is CCNC(=NCCNC(=O)c1ccc(O)cc1)NC1CCN(c2ccccc2)C1. The van der Waals surface area contributed by atoms with Crippen LogP contribution in [-0.2, 0) is 0 Å². The van der Waals surface area contributed by atoms with Crippen LogP contribution in [0.5, 0.6) is 5.75 Å². The predicted octanol–water partition coefficient (Wildman–Crippen LogP) is 1.96. The fourth-order valence-corrected chi connectivity index (χ4v) is 3.32. The molecule has 0 aromatic heterocycles. The molecule has 0 radical (unpaired) electrons. The average Bonchev–Trinajstić information content (AvgIpc) is 3.21. The predicted molar refractivity (Wildman–Crippen MR) is 117 cm³/mol. The molecule has 0 aliphatic carbocycles. The van der Waals surface area contributed by atoms with E-state index in [1.54, 1.807) is 12.1 Å². The van der Waals surface area contributed by atoms with Gasteiger partial charge >= 0.3 is 0 Å². The van der Waals surface area contributed by atoms with Crippen LogP contribution in [0.25, 0.3) is 0 Å². The number of hydrogen-bond donors (Lipinski definition) is 4. The molecule has 2 aromatic carbocycles. The van der Waals surface area contributed by atoms with Crippen LogP contribution in [-0.4, -0.2) is 55.7 Å². The van der Waals surface area contributed by atoms with Crippen LogP contribution in [0.1, 0.15) is 23.7 Å². The molecule has 1 unspecified atom stereocenters. The first-order valence-corrected chi connectivity index (χ1v) is 10.1. The van der Waals surface area contributed by atoms with Gasteiger partial charge in [0.1, 0.15) is 5.75 Å². The molecule has 1 saturated heterocycles. The Bertz CT molecular complexity index is 808. The van der Waals surface area contributed by atoms with Gasteiger partial charge in [-0.25, -0.2) is 0 Å². The molecule has 1 aliphatic rings. The van der Waals surface area contributed by atoms with Crippen molar-refractivity contribution in [2.75, 3.05) is 37.6 Å². The summed E-state index contributed by atoms with van der Waals surface area (Å²) in [4.78, 5) is 19.0. The van der Waals surface area contributed by atoms with Crippen molar-refractivity contribution in [3.05, 3.63) is 60.2 Å². The summed E-state index contributed by atoms with van der Waals surface area (Å²) in [5.41, 5.74) is 1.76. The quantitative estimate of drug-likeness (QED) is 0.327. The first-order chi connectivity index (χ1) is 14.2. The molecule has 7 heteroatoms. The van der Waals surface area contributed by atoms with Crippen molar-refractivity contribution in [1.29, 1.82) is 0 Å². The van der Waals surface area contributed by atoms with Gasteiger partial charge in [-0.15, -0.1) is 0 Å². The number of benzene rings is 2. The van der Waals surface area contributed by atoms with E-state index in [2.05, 4.69) is 50.1 Å². The van der Waals surface area contributed by atoms with Gasteiger partial charge in [-0.1, -0.05) is 18.2 Å². The van der Waals surface area contributed by atoms with Crippen LogP contribution < -0.4 is 20.9 Å². The molecule has 0 bridgehead atoms. The van der Waals surface area contributed by atoms with E-state index in [0.717, 1.165) is 32.0 Å². The molecule has 0 spiro atoms. The summed E-state index contributed by atoms with van der Waals surface area (Å²) >= 11 is 0. The molecule has 1 aliphatic heterocycles. The lowest BCUT2D eigenvalue weighted by atomic mass is 10.2. The van der Waals surface area contributed by atoms with Gasteiger partial charge in [0.2, 0.25) is 0 Å². The number of carbonyl (C=O) groups is 1. The van der Waals surface area contributed by atoms with Crippen molar-refractivity contribution in [3.63, 3.8) is 0 Å². The number of nitrogens with one attached hydrogen (secondary N) is 3. The number of carbonyl (C=O) groups excluding carboxylic acids is 1. The topological polar surface area (TPSA) is 89.0 Å². The minimum absolute atomic E-state index is 0.144. The van der Waals surface area contributed by atoms with E-state index < -0.39 is 0 Å². The van der Waals surface area contributed by atoms with E-state index in [1.165, 1.54) is 17.8 Å². The Kier molecular flexibility index (Phi) is 7.33. The standard InChI is InChI=1S/C22H29N5O2/c1-2-23-22(25-14-13-24-21(29)17-8-10-20(28)11-9-17)26-18-12-15-27(16-18)19-6-4-3-5-7-19/h3-11,18,28H,2,12-16H2,1H3,(H,24,29)(H2,23,25,26). The zero-order valence-corrected chi connectivity index (χ0v) is 16.8. The van der Waals surface area contributed by atoms with Gasteiger partial charge in [0, 0.05) is 43.5 Å². The van der Waals surface area contributed by atoms with E-state index in [4.69, 9.17) is 0 Å². The number of aromatic hydroxyl groups is 1. The molecule has 29 heavy (non-hydrogen) atoms. The second-order valence-corrected chi connectivity index (χ2v) is 6.97. The van der Waals surface area contributed by atoms with Crippen molar-refractivity contribution < 1.29 is 9.90 Å². The highest BCUT2D eigenvalue weighted by molar-refractivity contribution is 5.94. The molecular formula is C22H29N5O2. The van der Waals surface area contributed by atoms with Gasteiger partial charge in [-0.3, -0.25) is 9.79 Å². The number of phenolic OH excluding ortho intramolecular Hbond substituents is 1. The van der Waals surface area contributed by atoms with Gasteiger partial charge in [0.15, 0.2) is 5.96 Å². The van der Waals surface area contributed by atoms with Crippen LogP contribution in [0.2, 0.25) is 0 Å². The van der Waals surface area contributed by atoms with Crippen molar-refractivity contribution in [1.82, 2.24) is 16.0 Å². The maximum absolute atomic E-state index is 12.1. The lowest BCUT2D eigenvalue weighted by Gasteiger charge is -2.20. The van der Waals surface area contributed by atoms with Crippen molar-refractivity contribution in [2.45, 2.75) is 19.4 Å². The Hall–Kier alpha value is -3.22. The Morgan fingerprint density at radius 2 is 1.90 bits per heavy atom. The van der Waals surface area contributed by atoms with Gasteiger partial charge in [-0.2, -0.15) is 0 Å². The van der Waals surface area contributed by atoms with Gasteiger partial charge in [0.25, 0.3) is 5.91 Å². The number of guanidine groups is 1. The Morgan fingerprint density at radius 1 is 1.14 bits per heavy atom. The summed E-state index contributed by atoms with van der Waals surface area (Å²) in [6, 6.07) is 17.0. The van der Waals surface area contributed by atoms with Crippen LogP contribution in [0, 0.1) is 0 Å². The number of rotatable bonds is 7. The second kappa shape index (κ2) is 10.4. The van der Waals surface area contributed by atoms with E-state index in [1.807, 2.05) is 13.0 Å². The summed E-state index contributed by atoms with van der Waals surface area (Å²) in [6.45, 7) is 5.69. The van der Waals surface area contributed by atoms with Crippen molar-refractivity contribution in [2.24, 2.45) is 4.99 Å². The van der Waals surface area contributed by atoms with Gasteiger partial charge in [0.05, 0.1) is 6.54 Å². The normalized spacial score (nSPS) is 16.5. The maximum Gasteiger partial charge on any atom is 0.251 e. The van der Waals surface area contributed by atoms with Crippen LogP contribution in [0.3, 0.4) is 0 Å². The average molecular weight is 396 g/mol. The molecule has 1 fully saturated rings. The fourth-order valence-electron chi connectivity index (χ4n) is 3.32. The maximum atomic E-state index is 12.1. The number of nitrogens with zero attached hydrogens (tertiary/aromatic N) is 2. The molecule has 0 saturated carbocycles. The van der Waals surface area contributed by atoms with E-state index >= 15 is 0 Å². The third-order valence-corrected chi connectivity index (χ3v) is 4.79. The highest BCUT2D eigenvalue weighted by Crippen LogP contribution is 2.19. The van der Waals surface area contributed by atoms with Gasteiger partial charge < -0.3 is 26.0 Å². The number of hydrogen-bond acceptors (Lipinski definition) is 4. The first kappa shape index (κ1) is 20.5. The molecule has 7 nitrogen and oxygen atoms in total. The zero-order valence-electron chi connectivity index (χ0n) is 16.8. The third kappa shape index (κ3) is 6.14. The second-order valence-electron chi connectivity index (χ2n) is 6.97. The van der Waals surface area contributed by atoms with E-state index in [9.17, 15) is 9.90 Å². The monoisotopic (exact) mass is 395 g/mol. The van der Waals surface area contributed by atoms with Crippen molar-refractivity contribution >= 4 is 17.6 Å². The molecule has 1 amide bonds. The Morgan fingerprint density at radius 3 is 2.62 bits per heavy atom. The zero-order chi connectivity index (χ0) is 20.5. The fraction of sp³-hybridized carbons (Fsp3) is 0.364. The minimum atomic E-state index is -0.174. The summed E-state index contributed by atoms with van der Waals surface area (Å²) in [5.74, 6) is 0.740. The highest BCUT2D eigenvalue weighted by atomic mass is 16.3. The first-order valence-electron chi connectivity index (χ1n) is 10.1. The smallest absolute Gasteiger partial charge is 0.251 e. The lowest BCUT2D eigenvalue weighted by molar-refractivity contribution is 0.0955. The molecular weight excluding hydrogens is 366 g/mol. The lowest BCUT2D eigenvalue weighted by Crippen LogP contribution is -2.45. The summed E-state index contributed by atoms with van der Waals surface area (Å²) in [7, 11) is 0. The van der Waals surface area contributed by atoms with Gasteiger partial charge in [-0.05, 0) is 49.7 Å². The number of aliphatic imine (C=N–C) groups is 1. The molecule has 154 valence electrons. The number of phenols is 1. The number of amides is 1. The van der Waals surface area contributed by atoms with Crippen molar-refractivity contribution in [3.8, 4) is 5.75 Å². The molecule has 2 aromatic rings. The summed E-state index contributed by atoms with van der Waals surface area (Å²) in [6.07, 6.45) is 1.05. The number of anilines is 1. The van der Waals surface area contributed by atoms with Crippen LogP contribution in [0.15, 0.2) is 59.6 Å². The molecule has 1 heterocycles. The minimum Gasteiger partial charge on any atom is -0.508 e. The molecule has 1 atom stereocenters. The van der Waals surface area contributed by atoms with E-state index in [0.29, 0.717) is 24.7 Å². The highest BCUT2D eigenvalue weighted by Gasteiger charge is 2.23. The third-order valence-electron chi connectivity index (χ3n) is 4.79. The summed E-state index contributed by atoms with van der Waals surface area (Å²) in [5, 5.41) is 18.9. The van der Waals surface area contributed by atoms with E-state index in [-0.39, 0.29) is 11.7 Å².